The number of thiophene rings is 1. The number of furan rings is 1. The maximum atomic E-state index is 6.50. The van der Waals surface area contributed by atoms with Crippen molar-refractivity contribution in [3.05, 3.63) is 158 Å². The minimum Gasteiger partial charge on any atom is -0.455 e. The molecule has 1 nitrogen and oxygen atoms in total. The molecule has 2 heterocycles. The van der Waals surface area contributed by atoms with Crippen LogP contribution in [0.1, 0.15) is 0 Å². The fourth-order valence-electron chi connectivity index (χ4n) is 7.47. The predicted molar refractivity (Wildman–Crippen MR) is 198 cm³/mol. The van der Waals surface area contributed by atoms with Gasteiger partial charge in [-0.2, -0.15) is 0 Å². The van der Waals surface area contributed by atoms with Crippen LogP contribution in [-0.4, -0.2) is 0 Å². The number of hydrogen-bond donors (Lipinski definition) is 0. The molecule has 0 aliphatic heterocycles. The van der Waals surface area contributed by atoms with E-state index in [1.54, 1.807) is 0 Å². The van der Waals surface area contributed by atoms with Crippen LogP contribution >= 0.6 is 11.3 Å². The third-order valence-corrected chi connectivity index (χ3v) is 10.6. The standard InChI is InChI=1S/C44H26OS/c1-2-12-28(13-3-1)40-31-15-4-6-17-33(31)41(34-18-7-5-16-32(34)40)29-24-22-27(23-25-29)36-26-37-30-14-8-10-20-38(30)45-43(37)44-42(36)35-19-9-11-21-39(35)46-44/h1-26H. The first kappa shape index (κ1) is 25.6. The zero-order valence-corrected chi connectivity index (χ0v) is 25.6. The van der Waals surface area contributed by atoms with Crippen LogP contribution < -0.4 is 0 Å². The van der Waals surface area contributed by atoms with Crippen molar-refractivity contribution < 1.29 is 4.42 Å². The van der Waals surface area contributed by atoms with Crippen LogP contribution in [0.3, 0.4) is 0 Å². The van der Waals surface area contributed by atoms with Crippen molar-refractivity contribution in [2.75, 3.05) is 0 Å². The summed E-state index contributed by atoms with van der Waals surface area (Å²) in [6, 6.07) is 57.2. The fourth-order valence-corrected chi connectivity index (χ4v) is 8.68. The molecule has 0 aliphatic rings. The molecule has 10 rings (SSSR count). The number of para-hydroxylation sites is 1. The van der Waals surface area contributed by atoms with Gasteiger partial charge in [-0.05, 0) is 73.1 Å². The van der Waals surface area contributed by atoms with Gasteiger partial charge in [-0.1, -0.05) is 140 Å². The van der Waals surface area contributed by atoms with Crippen molar-refractivity contribution in [3.63, 3.8) is 0 Å². The summed E-state index contributed by atoms with van der Waals surface area (Å²) in [5.74, 6) is 0. The van der Waals surface area contributed by atoms with E-state index in [2.05, 4.69) is 152 Å². The number of rotatable bonds is 3. The van der Waals surface area contributed by atoms with Gasteiger partial charge in [-0.15, -0.1) is 11.3 Å². The molecule has 0 saturated carbocycles. The van der Waals surface area contributed by atoms with E-state index >= 15 is 0 Å². The molecule has 0 radical (unpaired) electrons. The molecule has 10 aromatic rings. The average Bonchev–Trinajstić information content (AvgIpc) is 3.70. The van der Waals surface area contributed by atoms with Crippen molar-refractivity contribution in [3.8, 4) is 33.4 Å². The second kappa shape index (κ2) is 9.90. The van der Waals surface area contributed by atoms with Gasteiger partial charge >= 0.3 is 0 Å². The van der Waals surface area contributed by atoms with Crippen LogP contribution in [0.5, 0.6) is 0 Å². The Morgan fingerprint density at radius 3 is 1.54 bits per heavy atom. The Balaban J connectivity index is 1.23. The Morgan fingerprint density at radius 2 is 0.891 bits per heavy atom. The van der Waals surface area contributed by atoms with Gasteiger partial charge in [0.05, 0.1) is 4.70 Å². The molecule has 46 heavy (non-hydrogen) atoms. The van der Waals surface area contributed by atoms with E-state index in [1.807, 2.05) is 17.4 Å². The Hall–Kier alpha value is -5.70. The third kappa shape index (κ3) is 3.68. The Bertz CT molecular complexity index is 2730. The van der Waals surface area contributed by atoms with Gasteiger partial charge in [0.25, 0.3) is 0 Å². The van der Waals surface area contributed by atoms with Gasteiger partial charge in [-0.25, -0.2) is 0 Å². The van der Waals surface area contributed by atoms with Gasteiger partial charge in [0.1, 0.15) is 5.58 Å². The number of benzene rings is 8. The maximum Gasteiger partial charge on any atom is 0.153 e. The van der Waals surface area contributed by atoms with Gasteiger partial charge in [-0.3, -0.25) is 0 Å². The summed E-state index contributed by atoms with van der Waals surface area (Å²) in [5, 5.41) is 9.95. The summed E-state index contributed by atoms with van der Waals surface area (Å²) in [6.07, 6.45) is 0. The van der Waals surface area contributed by atoms with Crippen LogP contribution in [-0.2, 0) is 0 Å². The van der Waals surface area contributed by atoms with Crippen molar-refractivity contribution in [2.24, 2.45) is 0 Å². The van der Waals surface area contributed by atoms with Crippen LogP contribution in [0.25, 0.3) is 97.0 Å². The lowest BCUT2D eigenvalue weighted by Crippen LogP contribution is -1.90. The molecule has 2 aromatic heterocycles. The lowest BCUT2D eigenvalue weighted by atomic mass is 9.85. The zero-order valence-electron chi connectivity index (χ0n) is 24.8. The molecule has 0 N–H and O–H groups in total. The zero-order chi connectivity index (χ0) is 30.2. The molecule has 0 saturated heterocycles. The monoisotopic (exact) mass is 602 g/mol. The Morgan fingerprint density at radius 1 is 0.391 bits per heavy atom. The summed E-state index contributed by atoms with van der Waals surface area (Å²) in [7, 11) is 0. The summed E-state index contributed by atoms with van der Waals surface area (Å²) >= 11 is 1.82. The molecule has 0 unspecified atom stereocenters. The average molecular weight is 603 g/mol. The Labute approximate surface area is 269 Å². The topological polar surface area (TPSA) is 13.1 Å². The second-order valence-corrected chi connectivity index (χ2v) is 13.0. The molecule has 214 valence electrons. The fraction of sp³-hybridized carbons (Fsp3) is 0. The first-order valence-corrected chi connectivity index (χ1v) is 16.5. The van der Waals surface area contributed by atoms with Crippen molar-refractivity contribution in [2.45, 2.75) is 0 Å². The highest BCUT2D eigenvalue weighted by Crippen LogP contribution is 2.48. The first-order valence-electron chi connectivity index (χ1n) is 15.7. The highest BCUT2D eigenvalue weighted by atomic mass is 32.1. The SMILES string of the molecule is c1ccc(-c2c3ccccc3c(-c3ccc(-c4cc5c6ccccc6oc5c5sc6ccccc6c45)cc3)c3ccccc23)cc1. The molecule has 0 amide bonds. The van der Waals surface area contributed by atoms with E-state index in [4.69, 9.17) is 4.42 Å². The van der Waals surface area contributed by atoms with Crippen molar-refractivity contribution >= 4 is 75.0 Å². The van der Waals surface area contributed by atoms with Gasteiger partial charge < -0.3 is 4.42 Å². The van der Waals surface area contributed by atoms with Crippen LogP contribution in [0.4, 0.5) is 0 Å². The predicted octanol–water partition coefficient (Wildman–Crippen LogP) is 13.3. The number of hydrogen-bond acceptors (Lipinski definition) is 2. The van der Waals surface area contributed by atoms with Crippen molar-refractivity contribution in [1.29, 1.82) is 0 Å². The molecule has 8 aromatic carbocycles. The molecule has 0 aliphatic carbocycles. The normalized spacial score (nSPS) is 11.9. The highest BCUT2D eigenvalue weighted by molar-refractivity contribution is 7.26. The molecular weight excluding hydrogens is 577 g/mol. The third-order valence-electron chi connectivity index (χ3n) is 9.47. The summed E-state index contributed by atoms with van der Waals surface area (Å²) in [4.78, 5) is 0. The molecule has 0 bridgehead atoms. The second-order valence-electron chi connectivity index (χ2n) is 12.0. The molecule has 0 spiro atoms. The molecule has 2 heteroatoms. The summed E-state index contributed by atoms with van der Waals surface area (Å²) in [6.45, 7) is 0. The number of fused-ring (bicyclic) bond motifs is 9. The smallest absolute Gasteiger partial charge is 0.153 e. The van der Waals surface area contributed by atoms with Crippen LogP contribution in [0.15, 0.2) is 162 Å². The van der Waals surface area contributed by atoms with Crippen molar-refractivity contribution in [1.82, 2.24) is 0 Å². The van der Waals surface area contributed by atoms with E-state index in [0.717, 1.165) is 16.6 Å². The lowest BCUT2D eigenvalue weighted by molar-refractivity contribution is 0.673. The molecule has 0 fully saturated rings. The van der Waals surface area contributed by atoms with Gasteiger partial charge in [0.15, 0.2) is 5.58 Å². The van der Waals surface area contributed by atoms with Crippen LogP contribution in [0.2, 0.25) is 0 Å². The Kier molecular flexibility index (Phi) is 5.51. The quantitative estimate of drug-likeness (QED) is 0.183. The van der Waals surface area contributed by atoms with E-state index in [1.165, 1.54) is 80.5 Å². The lowest BCUT2D eigenvalue weighted by Gasteiger charge is -2.18. The van der Waals surface area contributed by atoms with E-state index in [-0.39, 0.29) is 0 Å². The minimum absolute atomic E-state index is 0.932. The van der Waals surface area contributed by atoms with Crippen LogP contribution in [0, 0.1) is 0 Å². The van der Waals surface area contributed by atoms with Gasteiger partial charge in [0.2, 0.25) is 0 Å². The van der Waals surface area contributed by atoms with E-state index in [9.17, 15) is 0 Å². The summed E-state index contributed by atoms with van der Waals surface area (Å²) in [5.41, 5.74) is 9.39. The van der Waals surface area contributed by atoms with Gasteiger partial charge in [0, 0.05) is 26.2 Å². The highest BCUT2D eigenvalue weighted by Gasteiger charge is 2.20. The largest absolute Gasteiger partial charge is 0.455 e. The summed E-state index contributed by atoms with van der Waals surface area (Å²) < 4.78 is 8.99. The maximum absolute atomic E-state index is 6.50. The molecular formula is C44H26OS. The van der Waals surface area contributed by atoms with E-state index < -0.39 is 0 Å². The van der Waals surface area contributed by atoms with E-state index in [0.29, 0.717) is 0 Å². The first-order chi connectivity index (χ1) is 22.8. The molecule has 0 atom stereocenters. The minimum atomic E-state index is 0.932.